The van der Waals surface area contributed by atoms with Gasteiger partial charge in [-0.2, -0.15) is 11.3 Å². The SMILES string of the molecule is O=C(c1ccsc1)N1CCCC(C2CC2)C1. The van der Waals surface area contributed by atoms with Crippen molar-refractivity contribution in [2.24, 2.45) is 11.8 Å². The maximum absolute atomic E-state index is 12.2. The molecule has 1 aromatic rings. The first-order chi connectivity index (χ1) is 7.84. The lowest BCUT2D eigenvalue weighted by Gasteiger charge is -2.32. The molecule has 2 aliphatic rings. The van der Waals surface area contributed by atoms with Crippen LogP contribution in [0.3, 0.4) is 0 Å². The molecule has 1 aliphatic heterocycles. The number of thiophene rings is 1. The van der Waals surface area contributed by atoms with E-state index >= 15 is 0 Å². The summed E-state index contributed by atoms with van der Waals surface area (Å²) in [5.41, 5.74) is 0.876. The van der Waals surface area contributed by atoms with E-state index < -0.39 is 0 Å². The Bertz CT molecular complexity index is 369. The summed E-state index contributed by atoms with van der Waals surface area (Å²) in [6.45, 7) is 1.96. The second kappa shape index (κ2) is 4.21. The smallest absolute Gasteiger partial charge is 0.254 e. The Labute approximate surface area is 100 Å². The van der Waals surface area contributed by atoms with Crippen molar-refractivity contribution in [1.82, 2.24) is 4.90 Å². The molecular formula is C13H17NOS. The first-order valence-electron chi connectivity index (χ1n) is 6.16. The highest BCUT2D eigenvalue weighted by Crippen LogP contribution is 2.41. The van der Waals surface area contributed by atoms with Gasteiger partial charge >= 0.3 is 0 Å². The van der Waals surface area contributed by atoms with Crippen LogP contribution in [0.1, 0.15) is 36.0 Å². The Balaban J connectivity index is 1.67. The molecule has 1 aromatic heterocycles. The number of rotatable bonds is 2. The van der Waals surface area contributed by atoms with E-state index in [-0.39, 0.29) is 5.91 Å². The number of nitrogens with zero attached hydrogens (tertiary/aromatic N) is 1. The largest absolute Gasteiger partial charge is 0.338 e. The number of piperidine rings is 1. The molecule has 1 unspecified atom stereocenters. The van der Waals surface area contributed by atoms with E-state index in [4.69, 9.17) is 0 Å². The number of hydrogen-bond acceptors (Lipinski definition) is 2. The molecule has 1 saturated carbocycles. The van der Waals surface area contributed by atoms with Gasteiger partial charge in [0.25, 0.3) is 5.91 Å². The summed E-state index contributed by atoms with van der Waals surface area (Å²) < 4.78 is 0. The minimum absolute atomic E-state index is 0.242. The molecule has 0 bridgehead atoms. The van der Waals surface area contributed by atoms with Gasteiger partial charge in [0.1, 0.15) is 0 Å². The maximum atomic E-state index is 12.2. The van der Waals surface area contributed by atoms with Crippen molar-refractivity contribution in [3.05, 3.63) is 22.4 Å². The quantitative estimate of drug-likeness (QED) is 0.771. The first-order valence-corrected chi connectivity index (χ1v) is 7.10. The van der Waals surface area contributed by atoms with Crippen LogP contribution in [-0.2, 0) is 0 Å². The third-order valence-corrected chi connectivity index (χ3v) is 4.49. The second-order valence-corrected chi connectivity index (χ2v) is 5.78. The highest BCUT2D eigenvalue weighted by atomic mass is 32.1. The van der Waals surface area contributed by atoms with Gasteiger partial charge in [-0.25, -0.2) is 0 Å². The molecule has 1 atom stereocenters. The van der Waals surface area contributed by atoms with Gasteiger partial charge in [-0.05, 0) is 49.0 Å². The number of likely N-dealkylation sites (tertiary alicyclic amines) is 1. The minimum Gasteiger partial charge on any atom is -0.338 e. The van der Waals surface area contributed by atoms with Gasteiger partial charge in [-0.1, -0.05) is 0 Å². The Morgan fingerprint density at radius 2 is 2.19 bits per heavy atom. The zero-order valence-electron chi connectivity index (χ0n) is 9.39. The fraction of sp³-hybridized carbons (Fsp3) is 0.615. The van der Waals surface area contributed by atoms with E-state index in [0.29, 0.717) is 0 Å². The number of hydrogen-bond donors (Lipinski definition) is 0. The van der Waals surface area contributed by atoms with E-state index in [2.05, 4.69) is 4.90 Å². The monoisotopic (exact) mass is 235 g/mol. The second-order valence-electron chi connectivity index (χ2n) is 5.00. The highest BCUT2D eigenvalue weighted by Gasteiger charge is 2.35. The summed E-state index contributed by atoms with van der Waals surface area (Å²) in [5.74, 6) is 1.96. The van der Waals surface area contributed by atoms with Crippen LogP contribution in [-0.4, -0.2) is 23.9 Å². The van der Waals surface area contributed by atoms with Crippen molar-refractivity contribution in [3.63, 3.8) is 0 Å². The molecule has 1 aliphatic carbocycles. The van der Waals surface area contributed by atoms with Crippen molar-refractivity contribution in [3.8, 4) is 0 Å². The lowest BCUT2D eigenvalue weighted by Crippen LogP contribution is -2.40. The lowest BCUT2D eigenvalue weighted by molar-refractivity contribution is 0.0660. The summed E-state index contributed by atoms with van der Waals surface area (Å²) >= 11 is 1.60. The topological polar surface area (TPSA) is 20.3 Å². The Morgan fingerprint density at radius 1 is 1.31 bits per heavy atom. The molecule has 2 nitrogen and oxygen atoms in total. The molecule has 2 heterocycles. The van der Waals surface area contributed by atoms with Crippen molar-refractivity contribution in [2.45, 2.75) is 25.7 Å². The lowest BCUT2D eigenvalue weighted by atomic mass is 9.93. The van der Waals surface area contributed by atoms with Gasteiger partial charge in [0.05, 0.1) is 5.56 Å². The fourth-order valence-corrected chi connectivity index (χ4v) is 3.35. The molecule has 0 radical (unpaired) electrons. The molecule has 86 valence electrons. The van der Waals surface area contributed by atoms with Crippen molar-refractivity contribution in [2.75, 3.05) is 13.1 Å². The number of carbonyl (C=O) groups is 1. The van der Waals surface area contributed by atoms with Gasteiger partial charge in [0.2, 0.25) is 0 Å². The summed E-state index contributed by atoms with van der Waals surface area (Å²) in [4.78, 5) is 14.2. The normalized spacial score (nSPS) is 25.8. The zero-order valence-corrected chi connectivity index (χ0v) is 10.2. The average molecular weight is 235 g/mol. The summed E-state index contributed by atoms with van der Waals surface area (Å²) in [6.07, 6.45) is 5.31. The van der Waals surface area contributed by atoms with Crippen LogP contribution < -0.4 is 0 Å². The maximum Gasteiger partial charge on any atom is 0.254 e. The van der Waals surface area contributed by atoms with E-state index in [1.165, 1.54) is 25.7 Å². The Hall–Kier alpha value is -0.830. The van der Waals surface area contributed by atoms with Crippen LogP contribution in [0.15, 0.2) is 16.8 Å². The van der Waals surface area contributed by atoms with Gasteiger partial charge in [-0.3, -0.25) is 4.79 Å². The van der Waals surface area contributed by atoms with Crippen molar-refractivity contribution >= 4 is 17.2 Å². The molecule has 0 spiro atoms. The molecule has 2 fully saturated rings. The molecule has 1 amide bonds. The van der Waals surface area contributed by atoms with Gasteiger partial charge in [0.15, 0.2) is 0 Å². The third kappa shape index (κ3) is 2.01. The predicted octanol–water partition coefficient (Wildman–Crippen LogP) is 3.01. The number of amides is 1. The molecule has 0 aromatic carbocycles. The molecule has 3 rings (SSSR count). The van der Waals surface area contributed by atoms with Crippen molar-refractivity contribution in [1.29, 1.82) is 0 Å². The summed E-state index contributed by atoms with van der Waals surface area (Å²) in [5, 5.41) is 3.94. The fourth-order valence-electron chi connectivity index (χ4n) is 2.72. The van der Waals surface area contributed by atoms with E-state index in [0.717, 1.165) is 30.5 Å². The van der Waals surface area contributed by atoms with E-state index in [1.54, 1.807) is 11.3 Å². The van der Waals surface area contributed by atoms with Crippen LogP contribution in [0.2, 0.25) is 0 Å². The molecule has 16 heavy (non-hydrogen) atoms. The van der Waals surface area contributed by atoms with E-state index in [1.807, 2.05) is 16.8 Å². The van der Waals surface area contributed by atoms with Crippen molar-refractivity contribution < 1.29 is 4.79 Å². The summed E-state index contributed by atoms with van der Waals surface area (Å²) in [6, 6.07) is 1.94. The van der Waals surface area contributed by atoms with Gasteiger partial charge < -0.3 is 4.90 Å². The van der Waals surface area contributed by atoms with Crippen LogP contribution in [0.5, 0.6) is 0 Å². The van der Waals surface area contributed by atoms with Gasteiger partial charge in [-0.15, -0.1) is 0 Å². The predicted molar refractivity (Wildman–Crippen MR) is 65.7 cm³/mol. The first kappa shape index (κ1) is 10.3. The Morgan fingerprint density at radius 3 is 2.88 bits per heavy atom. The highest BCUT2D eigenvalue weighted by molar-refractivity contribution is 7.08. The molecular weight excluding hydrogens is 218 g/mol. The van der Waals surface area contributed by atoms with Crippen LogP contribution >= 0.6 is 11.3 Å². The molecule has 3 heteroatoms. The standard InChI is InChI=1S/C13H17NOS/c15-13(12-5-7-16-9-12)14-6-1-2-11(8-14)10-3-4-10/h5,7,9-11H,1-4,6,8H2. The zero-order chi connectivity index (χ0) is 11.0. The van der Waals surface area contributed by atoms with Crippen LogP contribution in [0, 0.1) is 11.8 Å². The number of carbonyl (C=O) groups excluding carboxylic acids is 1. The molecule has 1 saturated heterocycles. The minimum atomic E-state index is 0.242. The van der Waals surface area contributed by atoms with Crippen LogP contribution in [0.4, 0.5) is 0 Å². The van der Waals surface area contributed by atoms with Crippen LogP contribution in [0.25, 0.3) is 0 Å². The summed E-state index contributed by atoms with van der Waals surface area (Å²) in [7, 11) is 0. The molecule has 0 N–H and O–H groups in total. The van der Waals surface area contributed by atoms with Gasteiger partial charge in [0, 0.05) is 18.5 Å². The third-order valence-electron chi connectivity index (χ3n) is 3.80. The van der Waals surface area contributed by atoms with E-state index in [9.17, 15) is 4.79 Å². The Kier molecular flexibility index (Phi) is 2.72. The average Bonchev–Trinajstić information content (AvgIpc) is 3.04.